The first-order chi connectivity index (χ1) is 11.4. The maximum Gasteiger partial charge on any atom is 0.334 e. The number of carbonyl (C=O) groups is 2. The van der Waals surface area contributed by atoms with Crippen molar-refractivity contribution >= 4 is 17.8 Å². The largest absolute Gasteiger partial charge is 0.465 e. The molecule has 0 heterocycles. The molecule has 0 aromatic carbocycles. The van der Waals surface area contributed by atoms with E-state index in [1.807, 2.05) is 0 Å². The number of hydrazine groups is 1. The Morgan fingerprint density at radius 2 is 1.92 bits per heavy atom. The topological polar surface area (TPSA) is 129 Å². The Balaban J connectivity index is 4.00. The first-order valence-electron chi connectivity index (χ1n) is 8.22. The van der Waals surface area contributed by atoms with E-state index in [1.165, 1.54) is 12.8 Å². The highest BCUT2D eigenvalue weighted by molar-refractivity contribution is 5.93. The average molecular weight is 342 g/mol. The molecular weight excluding hydrogens is 312 g/mol. The van der Waals surface area contributed by atoms with E-state index in [4.69, 9.17) is 21.2 Å². The molecule has 0 aromatic heterocycles. The van der Waals surface area contributed by atoms with E-state index in [2.05, 4.69) is 24.0 Å². The third kappa shape index (κ3) is 10.6. The van der Waals surface area contributed by atoms with Gasteiger partial charge in [0.15, 0.2) is 0 Å². The molecule has 0 aliphatic heterocycles. The number of nitrogens with one attached hydrogen (secondary N) is 1. The zero-order valence-electron chi connectivity index (χ0n) is 14.7. The second-order valence-electron chi connectivity index (χ2n) is 5.56. The minimum absolute atomic E-state index is 0.0461. The molecule has 0 aromatic rings. The molecule has 138 valence electrons. The van der Waals surface area contributed by atoms with Crippen LogP contribution in [0, 0.1) is 0 Å². The number of hydrazone groups is 1. The first-order valence-corrected chi connectivity index (χ1v) is 8.22. The van der Waals surface area contributed by atoms with Crippen LogP contribution < -0.4 is 17.1 Å². The molecule has 5 N–H and O–H groups in total. The second-order valence-corrected chi connectivity index (χ2v) is 5.56. The van der Waals surface area contributed by atoms with E-state index in [-0.39, 0.29) is 18.4 Å². The molecule has 8 heteroatoms. The Morgan fingerprint density at radius 3 is 2.50 bits per heavy atom. The smallest absolute Gasteiger partial charge is 0.334 e. The Hall–Kier alpha value is -2.09. The normalized spacial score (nSPS) is 12.4. The molecule has 1 unspecified atom stereocenters. The van der Waals surface area contributed by atoms with Crippen molar-refractivity contribution in [3.05, 3.63) is 12.2 Å². The zero-order valence-corrected chi connectivity index (χ0v) is 14.7. The fourth-order valence-corrected chi connectivity index (χ4v) is 1.92. The van der Waals surface area contributed by atoms with Crippen molar-refractivity contribution in [2.24, 2.45) is 16.8 Å². The number of nitrogens with two attached hydrogens (primary N) is 2. The molecule has 0 spiro atoms. The number of esters is 2. The van der Waals surface area contributed by atoms with Crippen LogP contribution >= 0.6 is 0 Å². The van der Waals surface area contributed by atoms with Gasteiger partial charge < -0.3 is 20.7 Å². The monoisotopic (exact) mass is 342 g/mol. The lowest BCUT2D eigenvalue weighted by atomic mass is 10.2. The van der Waals surface area contributed by atoms with Crippen molar-refractivity contribution in [1.29, 1.82) is 0 Å². The van der Waals surface area contributed by atoms with Crippen LogP contribution in [-0.2, 0) is 19.1 Å². The minimum Gasteiger partial charge on any atom is -0.465 e. The zero-order chi connectivity index (χ0) is 18.4. The molecule has 0 saturated carbocycles. The lowest BCUT2D eigenvalue weighted by Crippen LogP contribution is -2.34. The Bertz CT molecular complexity index is 438. The maximum atomic E-state index is 11.8. The van der Waals surface area contributed by atoms with Crippen LogP contribution in [-0.4, -0.2) is 30.5 Å². The highest BCUT2D eigenvalue weighted by Gasteiger charge is 2.18. The summed E-state index contributed by atoms with van der Waals surface area (Å²) in [4.78, 5) is 23.5. The van der Waals surface area contributed by atoms with Crippen molar-refractivity contribution in [2.45, 2.75) is 64.9 Å². The number of carbonyl (C=O) groups excluding carboxylic acids is 2. The van der Waals surface area contributed by atoms with Gasteiger partial charge >= 0.3 is 11.9 Å². The van der Waals surface area contributed by atoms with Gasteiger partial charge in [0, 0.05) is 12.0 Å². The minimum atomic E-state index is -0.657. The predicted octanol–water partition coefficient (Wildman–Crippen LogP) is 1.50. The summed E-state index contributed by atoms with van der Waals surface area (Å²) in [6, 6.07) is 0. The van der Waals surface area contributed by atoms with Gasteiger partial charge in [-0.2, -0.15) is 5.10 Å². The van der Waals surface area contributed by atoms with Crippen LogP contribution in [0.5, 0.6) is 0 Å². The van der Waals surface area contributed by atoms with Gasteiger partial charge in [0.1, 0.15) is 11.9 Å². The number of nitrogens with zero attached hydrogens (tertiary/aromatic N) is 1. The molecule has 0 rings (SSSR count). The summed E-state index contributed by atoms with van der Waals surface area (Å²) in [6.45, 7) is 7.72. The summed E-state index contributed by atoms with van der Waals surface area (Å²) < 4.78 is 10.2. The number of rotatable bonds is 12. The van der Waals surface area contributed by atoms with Gasteiger partial charge in [0.25, 0.3) is 0 Å². The molecule has 1 atom stereocenters. The standard InChI is InChI=1S/C16H30N4O4/c1-4-5-6-7-8-9-23-15(21)10-12(2)16(22)24-13(3)11-14(19-17)20-18/h13H,2,4-11,17-18H2,1,3H3,(H,19,20). The molecule has 0 radical (unpaired) electrons. The van der Waals surface area contributed by atoms with Crippen LogP contribution in [0.3, 0.4) is 0 Å². The molecule has 0 bridgehead atoms. The summed E-state index contributed by atoms with van der Waals surface area (Å²) in [6.07, 6.45) is 4.88. The van der Waals surface area contributed by atoms with Crippen molar-refractivity contribution < 1.29 is 19.1 Å². The lowest BCUT2D eigenvalue weighted by Gasteiger charge is -2.14. The Kier molecular flexibility index (Phi) is 12.2. The van der Waals surface area contributed by atoms with Crippen LogP contribution in [0.2, 0.25) is 0 Å². The highest BCUT2D eigenvalue weighted by Crippen LogP contribution is 2.08. The number of amidine groups is 1. The molecular formula is C16H30N4O4. The fraction of sp³-hybridized carbons (Fsp3) is 0.688. The summed E-state index contributed by atoms with van der Waals surface area (Å²) in [5, 5.41) is 3.40. The number of hydrogen-bond acceptors (Lipinski definition) is 7. The molecule has 24 heavy (non-hydrogen) atoms. The van der Waals surface area contributed by atoms with Crippen molar-refractivity contribution in [2.75, 3.05) is 6.61 Å². The van der Waals surface area contributed by atoms with Gasteiger partial charge in [-0.1, -0.05) is 39.2 Å². The summed E-state index contributed by atoms with van der Waals surface area (Å²) in [5.74, 6) is 9.45. The van der Waals surface area contributed by atoms with E-state index in [1.54, 1.807) is 6.92 Å². The van der Waals surface area contributed by atoms with Crippen molar-refractivity contribution in [3.8, 4) is 0 Å². The quantitative estimate of drug-likeness (QED) is 0.0932. The summed E-state index contributed by atoms with van der Waals surface area (Å²) >= 11 is 0. The second kappa shape index (κ2) is 13.4. The average Bonchev–Trinajstić information content (AvgIpc) is 2.55. The van der Waals surface area contributed by atoms with E-state index in [0.29, 0.717) is 12.4 Å². The van der Waals surface area contributed by atoms with Crippen molar-refractivity contribution in [1.82, 2.24) is 5.43 Å². The van der Waals surface area contributed by atoms with Crippen LogP contribution in [0.1, 0.15) is 58.8 Å². The molecule has 0 fully saturated rings. The van der Waals surface area contributed by atoms with Gasteiger partial charge in [-0.05, 0) is 13.3 Å². The fourth-order valence-electron chi connectivity index (χ4n) is 1.92. The lowest BCUT2D eigenvalue weighted by molar-refractivity contribution is -0.148. The number of ether oxygens (including phenoxy) is 2. The van der Waals surface area contributed by atoms with Gasteiger partial charge in [0.05, 0.1) is 13.0 Å². The maximum absolute atomic E-state index is 11.8. The third-order valence-corrected chi connectivity index (χ3v) is 3.27. The van der Waals surface area contributed by atoms with Gasteiger partial charge in [-0.15, -0.1) is 0 Å². The predicted molar refractivity (Wildman–Crippen MR) is 92.6 cm³/mol. The molecule has 8 nitrogen and oxygen atoms in total. The van der Waals surface area contributed by atoms with E-state index < -0.39 is 18.0 Å². The van der Waals surface area contributed by atoms with E-state index in [9.17, 15) is 9.59 Å². The highest BCUT2D eigenvalue weighted by atomic mass is 16.5. The summed E-state index contributed by atoms with van der Waals surface area (Å²) in [7, 11) is 0. The first kappa shape index (κ1) is 21.9. The van der Waals surface area contributed by atoms with Crippen molar-refractivity contribution in [3.63, 3.8) is 0 Å². The van der Waals surface area contributed by atoms with E-state index >= 15 is 0 Å². The van der Waals surface area contributed by atoms with Crippen LogP contribution in [0.4, 0.5) is 0 Å². The molecule has 0 amide bonds. The molecule has 0 aliphatic carbocycles. The Morgan fingerprint density at radius 1 is 1.25 bits per heavy atom. The van der Waals surface area contributed by atoms with Crippen LogP contribution in [0.25, 0.3) is 0 Å². The van der Waals surface area contributed by atoms with Gasteiger partial charge in [0.2, 0.25) is 0 Å². The Labute approximate surface area is 143 Å². The van der Waals surface area contributed by atoms with Gasteiger partial charge in [-0.3, -0.25) is 4.79 Å². The van der Waals surface area contributed by atoms with E-state index in [0.717, 1.165) is 19.3 Å². The molecule has 0 saturated heterocycles. The van der Waals surface area contributed by atoms with Gasteiger partial charge in [-0.25, -0.2) is 10.6 Å². The third-order valence-electron chi connectivity index (χ3n) is 3.27. The number of hydrogen-bond donors (Lipinski definition) is 3. The summed E-state index contributed by atoms with van der Waals surface area (Å²) in [5.41, 5.74) is 2.34. The SMILES string of the molecule is C=C(CC(=O)OCCCCCCC)C(=O)OC(C)C/C(=N/N)NN. The molecule has 0 aliphatic rings. The number of unbranched alkanes of at least 4 members (excludes halogenated alkanes) is 4. The van der Waals surface area contributed by atoms with Crippen LogP contribution in [0.15, 0.2) is 17.3 Å².